The number of carbonyl (C=O) groups excluding carboxylic acids is 1. The Morgan fingerprint density at radius 2 is 1.91 bits per heavy atom. The summed E-state index contributed by atoms with van der Waals surface area (Å²) in [6, 6.07) is 6.96. The minimum atomic E-state index is -3.21. The topological polar surface area (TPSA) is 69.7 Å². The molecule has 0 unspecified atom stereocenters. The SMILES string of the molecule is Cl.O=C(c1cccc(N2CCCS2(=O)=O)c1)N1CCCNCC1. The summed E-state index contributed by atoms with van der Waals surface area (Å²) in [5, 5.41) is 3.27. The lowest BCUT2D eigenvalue weighted by Gasteiger charge is -2.22. The normalized spacial score (nSPS) is 20.7. The van der Waals surface area contributed by atoms with E-state index in [1.54, 1.807) is 24.3 Å². The first-order valence-electron chi connectivity index (χ1n) is 7.68. The molecule has 2 saturated heterocycles. The van der Waals surface area contributed by atoms with Crippen LogP contribution in [0.3, 0.4) is 0 Å². The predicted octanol–water partition coefficient (Wildman–Crippen LogP) is 1.08. The molecule has 0 atom stereocenters. The van der Waals surface area contributed by atoms with Gasteiger partial charge in [-0.25, -0.2) is 8.42 Å². The molecule has 2 aliphatic heterocycles. The molecule has 1 aromatic rings. The maximum Gasteiger partial charge on any atom is 0.253 e. The van der Waals surface area contributed by atoms with Crippen molar-refractivity contribution in [3.63, 3.8) is 0 Å². The third kappa shape index (κ3) is 3.97. The van der Waals surface area contributed by atoms with Gasteiger partial charge < -0.3 is 10.2 Å². The van der Waals surface area contributed by atoms with Crippen molar-refractivity contribution in [3.05, 3.63) is 29.8 Å². The Morgan fingerprint density at radius 1 is 1.09 bits per heavy atom. The molecular weight excluding hydrogens is 338 g/mol. The molecule has 0 radical (unpaired) electrons. The van der Waals surface area contributed by atoms with E-state index in [1.165, 1.54) is 4.31 Å². The van der Waals surface area contributed by atoms with Gasteiger partial charge in [-0.1, -0.05) is 6.07 Å². The smallest absolute Gasteiger partial charge is 0.253 e. The molecule has 0 saturated carbocycles. The van der Waals surface area contributed by atoms with E-state index in [9.17, 15) is 13.2 Å². The Labute approximate surface area is 143 Å². The summed E-state index contributed by atoms with van der Waals surface area (Å²) in [5.41, 5.74) is 1.15. The molecule has 0 bridgehead atoms. The number of hydrogen-bond acceptors (Lipinski definition) is 4. The zero-order chi connectivity index (χ0) is 15.6. The highest BCUT2D eigenvalue weighted by Gasteiger charge is 2.29. The summed E-state index contributed by atoms with van der Waals surface area (Å²) in [6.45, 7) is 3.64. The van der Waals surface area contributed by atoms with Gasteiger partial charge in [-0.15, -0.1) is 12.4 Å². The molecule has 1 amide bonds. The van der Waals surface area contributed by atoms with E-state index in [0.29, 0.717) is 30.8 Å². The second kappa shape index (κ2) is 7.51. The monoisotopic (exact) mass is 359 g/mol. The van der Waals surface area contributed by atoms with Gasteiger partial charge in [0.15, 0.2) is 0 Å². The molecule has 1 aromatic carbocycles. The number of amides is 1. The van der Waals surface area contributed by atoms with E-state index in [-0.39, 0.29) is 24.1 Å². The van der Waals surface area contributed by atoms with Crippen molar-refractivity contribution in [1.29, 1.82) is 0 Å². The fraction of sp³-hybridized carbons (Fsp3) is 0.533. The summed E-state index contributed by atoms with van der Waals surface area (Å²) in [7, 11) is -3.21. The van der Waals surface area contributed by atoms with Crippen LogP contribution in [0.5, 0.6) is 0 Å². The maximum absolute atomic E-state index is 12.6. The Bertz CT molecular complexity index is 658. The number of sulfonamides is 1. The van der Waals surface area contributed by atoms with Crippen molar-refractivity contribution in [1.82, 2.24) is 10.2 Å². The standard InChI is InChI=1S/C15H21N3O3S.ClH/c19-15(17-8-2-6-16-7-10-17)13-4-1-5-14(12-13)18-9-3-11-22(18,20)21;/h1,4-5,12,16H,2-3,6-11H2;1H. The number of anilines is 1. The van der Waals surface area contributed by atoms with Gasteiger partial charge in [-0.2, -0.15) is 0 Å². The Balaban J connectivity index is 0.00000192. The van der Waals surface area contributed by atoms with Gasteiger partial charge >= 0.3 is 0 Å². The van der Waals surface area contributed by atoms with Crippen LogP contribution in [0.1, 0.15) is 23.2 Å². The molecule has 6 nitrogen and oxygen atoms in total. The van der Waals surface area contributed by atoms with Crippen LogP contribution in [0, 0.1) is 0 Å². The van der Waals surface area contributed by atoms with Gasteiger partial charge in [0.25, 0.3) is 5.91 Å². The Kier molecular flexibility index (Phi) is 5.89. The maximum atomic E-state index is 12.6. The molecule has 0 aliphatic carbocycles. The van der Waals surface area contributed by atoms with Crippen LogP contribution in [-0.4, -0.2) is 57.7 Å². The largest absolute Gasteiger partial charge is 0.337 e. The number of nitrogens with zero attached hydrogens (tertiary/aromatic N) is 2. The van der Waals surface area contributed by atoms with Crippen LogP contribution in [0.2, 0.25) is 0 Å². The van der Waals surface area contributed by atoms with E-state index in [2.05, 4.69) is 5.32 Å². The van der Waals surface area contributed by atoms with Gasteiger partial charge in [0, 0.05) is 31.7 Å². The number of hydrogen-bond donors (Lipinski definition) is 1. The van der Waals surface area contributed by atoms with Gasteiger partial charge in [0.1, 0.15) is 0 Å². The predicted molar refractivity (Wildman–Crippen MR) is 92.8 cm³/mol. The first-order valence-corrected chi connectivity index (χ1v) is 9.29. The third-order valence-electron chi connectivity index (χ3n) is 4.11. The van der Waals surface area contributed by atoms with Crippen molar-refractivity contribution in [2.45, 2.75) is 12.8 Å². The highest BCUT2D eigenvalue weighted by molar-refractivity contribution is 7.93. The van der Waals surface area contributed by atoms with Crippen LogP contribution in [0.15, 0.2) is 24.3 Å². The van der Waals surface area contributed by atoms with E-state index in [1.807, 2.05) is 4.90 Å². The molecule has 1 N–H and O–H groups in total. The third-order valence-corrected chi connectivity index (χ3v) is 5.98. The second-order valence-electron chi connectivity index (χ2n) is 5.69. The van der Waals surface area contributed by atoms with Crippen LogP contribution in [0.25, 0.3) is 0 Å². The van der Waals surface area contributed by atoms with E-state index in [0.717, 1.165) is 26.1 Å². The molecule has 23 heavy (non-hydrogen) atoms. The molecule has 8 heteroatoms. The number of carbonyl (C=O) groups is 1. The Morgan fingerprint density at radius 3 is 2.65 bits per heavy atom. The molecule has 0 spiro atoms. The average molecular weight is 360 g/mol. The molecule has 2 aliphatic rings. The highest BCUT2D eigenvalue weighted by atomic mass is 35.5. The first-order chi connectivity index (χ1) is 10.6. The van der Waals surface area contributed by atoms with Gasteiger partial charge in [0.05, 0.1) is 11.4 Å². The summed E-state index contributed by atoms with van der Waals surface area (Å²) < 4.78 is 25.4. The van der Waals surface area contributed by atoms with Crippen LogP contribution in [0.4, 0.5) is 5.69 Å². The number of benzene rings is 1. The number of halogens is 1. The van der Waals surface area contributed by atoms with E-state index >= 15 is 0 Å². The fourth-order valence-electron chi connectivity index (χ4n) is 2.96. The summed E-state index contributed by atoms with van der Waals surface area (Å²) in [4.78, 5) is 14.4. The lowest BCUT2D eigenvalue weighted by molar-refractivity contribution is 0.0766. The van der Waals surface area contributed by atoms with Gasteiger partial charge in [0.2, 0.25) is 10.0 Å². The minimum absolute atomic E-state index is 0. The molecule has 128 valence electrons. The number of rotatable bonds is 2. The lowest BCUT2D eigenvalue weighted by atomic mass is 10.1. The summed E-state index contributed by atoms with van der Waals surface area (Å²) in [5.74, 6) is 0.158. The first kappa shape index (κ1) is 18.0. The van der Waals surface area contributed by atoms with Crippen molar-refractivity contribution < 1.29 is 13.2 Å². The van der Waals surface area contributed by atoms with E-state index < -0.39 is 10.0 Å². The minimum Gasteiger partial charge on any atom is -0.337 e. The molecular formula is C15H22ClN3O3S. The van der Waals surface area contributed by atoms with Crippen molar-refractivity contribution in [3.8, 4) is 0 Å². The zero-order valence-electron chi connectivity index (χ0n) is 12.9. The van der Waals surface area contributed by atoms with Gasteiger partial charge in [-0.05, 0) is 37.6 Å². The van der Waals surface area contributed by atoms with E-state index in [4.69, 9.17) is 0 Å². The second-order valence-corrected chi connectivity index (χ2v) is 7.70. The molecule has 2 heterocycles. The quantitative estimate of drug-likeness (QED) is 0.858. The van der Waals surface area contributed by atoms with Crippen LogP contribution in [-0.2, 0) is 10.0 Å². The highest BCUT2D eigenvalue weighted by Crippen LogP contribution is 2.25. The average Bonchev–Trinajstić information content (AvgIpc) is 2.72. The summed E-state index contributed by atoms with van der Waals surface area (Å²) >= 11 is 0. The van der Waals surface area contributed by atoms with Crippen molar-refractivity contribution in [2.75, 3.05) is 42.8 Å². The van der Waals surface area contributed by atoms with Crippen molar-refractivity contribution >= 4 is 34.0 Å². The van der Waals surface area contributed by atoms with Crippen molar-refractivity contribution in [2.24, 2.45) is 0 Å². The van der Waals surface area contributed by atoms with Crippen LogP contribution >= 0.6 is 12.4 Å². The lowest BCUT2D eigenvalue weighted by Crippen LogP contribution is -2.34. The Hall–Kier alpha value is -1.31. The molecule has 2 fully saturated rings. The zero-order valence-corrected chi connectivity index (χ0v) is 14.5. The summed E-state index contributed by atoms with van der Waals surface area (Å²) in [6.07, 6.45) is 1.57. The number of nitrogens with one attached hydrogen (secondary N) is 1. The molecule has 0 aromatic heterocycles. The molecule has 3 rings (SSSR count). The van der Waals surface area contributed by atoms with Gasteiger partial charge in [-0.3, -0.25) is 9.10 Å². The fourth-order valence-corrected chi connectivity index (χ4v) is 4.51. The van der Waals surface area contributed by atoms with Crippen LogP contribution < -0.4 is 9.62 Å².